The van der Waals surface area contributed by atoms with Crippen molar-refractivity contribution in [3.8, 4) is 5.75 Å². The first-order valence-electron chi connectivity index (χ1n) is 7.45. The molecule has 0 radical (unpaired) electrons. The van der Waals surface area contributed by atoms with E-state index in [1.165, 1.54) is 18.4 Å². The fourth-order valence-corrected chi connectivity index (χ4v) is 4.37. The van der Waals surface area contributed by atoms with Gasteiger partial charge in [-0.1, -0.05) is 18.2 Å². The van der Waals surface area contributed by atoms with E-state index in [2.05, 4.69) is 45.0 Å². The van der Waals surface area contributed by atoms with Crippen LogP contribution in [0.5, 0.6) is 5.75 Å². The average Bonchev–Trinajstić information content (AvgIpc) is 2.36. The molecule has 4 rings (SSSR count). The van der Waals surface area contributed by atoms with E-state index in [1.54, 1.807) is 0 Å². The van der Waals surface area contributed by atoms with Gasteiger partial charge in [0.15, 0.2) is 0 Å². The van der Waals surface area contributed by atoms with Crippen LogP contribution in [-0.2, 0) is 4.74 Å². The number of rotatable bonds is 0. The van der Waals surface area contributed by atoms with Crippen molar-refractivity contribution in [3.63, 3.8) is 0 Å². The SMILES string of the molecule is CC1(C)OC2c3ccccc3O[C@]3(C)CC[C@@H]1C[C@H]23. The van der Waals surface area contributed by atoms with Crippen LogP contribution >= 0.6 is 0 Å². The lowest BCUT2D eigenvalue weighted by Crippen LogP contribution is -2.58. The minimum Gasteiger partial charge on any atom is -0.487 e. The maximum absolute atomic E-state index is 6.52. The van der Waals surface area contributed by atoms with E-state index in [-0.39, 0.29) is 17.3 Å². The average molecular weight is 258 g/mol. The van der Waals surface area contributed by atoms with Gasteiger partial charge in [-0.3, -0.25) is 0 Å². The summed E-state index contributed by atoms with van der Waals surface area (Å²) in [6.07, 6.45) is 3.82. The summed E-state index contributed by atoms with van der Waals surface area (Å²) in [6.45, 7) is 6.79. The van der Waals surface area contributed by atoms with Crippen LogP contribution < -0.4 is 4.74 Å². The maximum atomic E-state index is 6.52. The predicted octanol–water partition coefficient (Wildman–Crippen LogP) is 4.10. The summed E-state index contributed by atoms with van der Waals surface area (Å²) < 4.78 is 12.9. The monoisotopic (exact) mass is 258 g/mol. The van der Waals surface area contributed by atoms with Gasteiger partial charge in [0.25, 0.3) is 0 Å². The fraction of sp³-hybridized carbons (Fsp3) is 0.647. The topological polar surface area (TPSA) is 18.5 Å². The zero-order valence-electron chi connectivity index (χ0n) is 12.0. The Labute approximate surface area is 115 Å². The summed E-state index contributed by atoms with van der Waals surface area (Å²) >= 11 is 0. The molecule has 0 N–H and O–H groups in total. The molecule has 0 spiro atoms. The first-order valence-corrected chi connectivity index (χ1v) is 7.45. The second-order valence-electron chi connectivity index (χ2n) is 7.17. The molecule has 2 aliphatic heterocycles. The summed E-state index contributed by atoms with van der Waals surface area (Å²) in [5, 5.41) is 0. The second-order valence-corrected chi connectivity index (χ2v) is 7.17. The highest BCUT2D eigenvalue weighted by molar-refractivity contribution is 5.40. The molecule has 1 saturated heterocycles. The van der Waals surface area contributed by atoms with E-state index in [0.717, 1.165) is 12.2 Å². The molecule has 2 heteroatoms. The Morgan fingerprint density at radius 1 is 1.16 bits per heavy atom. The van der Waals surface area contributed by atoms with Crippen LogP contribution in [0.3, 0.4) is 0 Å². The van der Waals surface area contributed by atoms with E-state index in [9.17, 15) is 0 Å². The van der Waals surface area contributed by atoms with Gasteiger partial charge >= 0.3 is 0 Å². The summed E-state index contributed by atoms with van der Waals surface area (Å²) in [5.41, 5.74) is 1.21. The molecule has 1 saturated carbocycles. The van der Waals surface area contributed by atoms with Gasteiger partial charge in [0.2, 0.25) is 0 Å². The summed E-state index contributed by atoms with van der Waals surface area (Å²) in [6, 6.07) is 8.41. The molecule has 1 aromatic carbocycles. The van der Waals surface area contributed by atoms with Crippen LogP contribution in [0.1, 0.15) is 51.7 Å². The van der Waals surface area contributed by atoms with E-state index in [1.807, 2.05) is 0 Å². The third kappa shape index (κ3) is 1.53. The lowest BCUT2D eigenvalue weighted by Gasteiger charge is -2.58. The molecular weight excluding hydrogens is 236 g/mol. The van der Waals surface area contributed by atoms with Crippen LogP contribution in [0.4, 0.5) is 0 Å². The van der Waals surface area contributed by atoms with Crippen molar-refractivity contribution in [1.82, 2.24) is 0 Å². The van der Waals surface area contributed by atoms with Gasteiger partial charge in [-0.05, 0) is 52.0 Å². The summed E-state index contributed by atoms with van der Waals surface area (Å²) in [7, 11) is 0. The number of hydrogen-bond acceptors (Lipinski definition) is 2. The van der Waals surface area contributed by atoms with E-state index in [4.69, 9.17) is 9.47 Å². The summed E-state index contributed by atoms with van der Waals surface area (Å²) in [4.78, 5) is 0. The molecule has 19 heavy (non-hydrogen) atoms. The fourth-order valence-electron chi connectivity index (χ4n) is 4.37. The van der Waals surface area contributed by atoms with E-state index in [0.29, 0.717) is 11.8 Å². The quantitative estimate of drug-likeness (QED) is 0.697. The minimum absolute atomic E-state index is 0.00700. The van der Waals surface area contributed by atoms with Gasteiger partial charge in [-0.25, -0.2) is 0 Å². The molecule has 2 fully saturated rings. The second kappa shape index (κ2) is 3.54. The maximum Gasteiger partial charge on any atom is 0.125 e. The van der Waals surface area contributed by atoms with Crippen LogP contribution in [0.25, 0.3) is 0 Å². The van der Waals surface area contributed by atoms with Gasteiger partial charge in [0.05, 0.1) is 11.7 Å². The molecule has 102 valence electrons. The Morgan fingerprint density at radius 2 is 1.95 bits per heavy atom. The number of benzene rings is 1. The number of fused-ring (bicyclic) bond motifs is 3. The number of hydrogen-bond donors (Lipinski definition) is 0. The van der Waals surface area contributed by atoms with Crippen molar-refractivity contribution in [2.24, 2.45) is 11.8 Å². The third-order valence-electron chi connectivity index (χ3n) is 5.66. The zero-order valence-corrected chi connectivity index (χ0v) is 12.0. The van der Waals surface area contributed by atoms with Crippen molar-refractivity contribution in [2.75, 3.05) is 0 Å². The highest BCUT2D eigenvalue weighted by Gasteiger charge is 2.57. The Balaban J connectivity index is 1.86. The molecular formula is C17H22O2. The minimum atomic E-state index is -0.0357. The van der Waals surface area contributed by atoms with Crippen molar-refractivity contribution >= 4 is 0 Å². The molecule has 3 aliphatic rings. The van der Waals surface area contributed by atoms with Crippen molar-refractivity contribution in [1.29, 1.82) is 0 Å². The standard InChI is InChI=1S/C17H22O2/c1-16(2)11-8-9-17(3)13(10-11)15(19-16)12-6-4-5-7-14(12)18-17/h4-7,11,13,15H,8-10H2,1-3H3/t11-,13-,15?,17-/m1/s1. The Morgan fingerprint density at radius 3 is 2.79 bits per heavy atom. The highest BCUT2D eigenvalue weighted by atomic mass is 16.5. The van der Waals surface area contributed by atoms with Crippen LogP contribution in [0.2, 0.25) is 0 Å². The van der Waals surface area contributed by atoms with Crippen molar-refractivity contribution in [2.45, 2.75) is 57.3 Å². The normalized spacial score (nSPS) is 42.2. The lowest BCUT2D eigenvalue weighted by molar-refractivity contribution is -0.237. The smallest absolute Gasteiger partial charge is 0.125 e. The molecule has 2 nitrogen and oxygen atoms in total. The third-order valence-corrected chi connectivity index (χ3v) is 5.66. The van der Waals surface area contributed by atoms with Crippen molar-refractivity contribution < 1.29 is 9.47 Å². The molecule has 2 bridgehead atoms. The zero-order chi connectivity index (χ0) is 13.3. The molecule has 0 amide bonds. The Kier molecular flexibility index (Phi) is 2.20. The number of para-hydroxylation sites is 1. The van der Waals surface area contributed by atoms with Gasteiger partial charge in [-0.2, -0.15) is 0 Å². The highest BCUT2D eigenvalue weighted by Crippen LogP contribution is 2.59. The van der Waals surface area contributed by atoms with Crippen LogP contribution in [0.15, 0.2) is 24.3 Å². The van der Waals surface area contributed by atoms with Gasteiger partial charge in [0, 0.05) is 11.5 Å². The Bertz CT molecular complexity index is 522. The molecule has 1 unspecified atom stereocenters. The summed E-state index contributed by atoms with van der Waals surface area (Å²) in [5.74, 6) is 2.22. The largest absolute Gasteiger partial charge is 0.487 e. The lowest BCUT2D eigenvalue weighted by atomic mass is 9.61. The molecule has 1 aromatic rings. The molecule has 1 aliphatic carbocycles. The van der Waals surface area contributed by atoms with E-state index >= 15 is 0 Å². The van der Waals surface area contributed by atoms with Crippen LogP contribution in [-0.4, -0.2) is 11.2 Å². The first-order chi connectivity index (χ1) is 9.00. The number of ether oxygens (including phenoxy) is 2. The van der Waals surface area contributed by atoms with Crippen molar-refractivity contribution in [3.05, 3.63) is 29.8 Å². The van der Waals surface area contributed by atoms with Crippen LogP contribution in [0, 0.1) is 11.8 Å². The molecule has 4 atom stereocenters. The predicted molar refractivity (Wildman–Crippen MR) is 74.2 cm³/mol. The first kappa shape index (κ1) is 11.8. The van der Waals surface area contributed by atoms with Gasteiger partial charge in [0.1, 0.15) is 11.4 Å². The Hall–Kier alpha value is -1.02. The molecule has 0 aromatic heterocycles. The van der Waals surface area contributed by atoms with E-state index < -0.39 is 0 Å². The van der Waals surface area contributed by atoms with Gasteiger partial charge < -0.3 is 9.47 Å². The molecule has 2 heterocycles. The van der Waals surface area contributed by atoms with Gasteiger partial charge in [-0.15, -0.1) is 0 Å².